The van der Waals surface area contributed by atoms with E-state index in [1.165, 1.54) is 44.6 Å². The SMILES string of the molecule is C1=COOCO1.C1CCCOOCC1.C1CCOOC1.C1CCOOCC1.C1COOC1.C1COOCO1.CC1(C)CC(C)(C)OO1.CC1(C)CCC(C)(C)OO1.CC1(C)OO1.CC1(C)OOC2CCCCC2O1.CC12CCC(C)(C1)OO2.CC1CC(C)(C)OOC(C)(C)O1.CC1CC(C)OO1.CCC1(C)OOC(C)(CC)OOC(C)(CC)OO1. The molecule has 36 heteroatoms. The van der Waals surface area contributed by atoms with Crippen molar-refractivity contribution in [1.29, 1.82) is 0 Å². The molecule has 0 aromatic carbocycles. The molecule has 0 spiro atoms. The molecule has 2 bridgehead atoms. The molecule has 714 valence electrons. The van der Waals surface area contributed by atoms with Crippen LogP contribution in [0.4, 0.5) is 0 Å². The molecule has 16 aliphatic rings. The Kier molecular flexibility index (Phi) is 53.4. The molecule has 2 saturated carbocycles. The zero-order valence-corrected chi connectivity index (χ0v) is 78.4. The van der Waals surface area contributed by atoms with Crippen molar-refractivity contribution in [2.75, 3.05) is 79.7 Å². The first-order valence-corrected chi connectivity index (χ1v) is 43.5. The van der Waals surface area contributed by atoms with Crippen LogP contribution in [0.25, 0.3) is 0 Å². The van der Waals surface area contributed by atoms with Gasteiger partial charge in [0, 0.05) is 51.4 Å². The second kappa shape index (κ2) is 57.1. The monoisotopic (exact) mass is 1750 g/mol. The standard InChI is InChI=1S/C12H24O6.C9H16O3.C9H18O3.C8H16O2.C7H12O2.C7H14O2.C6H12O2.2C5H10O2.C4H8O2.C3H6O3.C3H4O3.2C3H6O2/c1-7-10(4)13-15-11(5,8-2)17-18-12(6,9-3)16-14-10;1-9(2)10-7-5-3-4-6-8(7)11-12-9;1-7-6-8(2,3)11-12-9(4,5)10-7;1-7(2)5-6-8(3,4)10-9-7;1-6-3-4-7(2,5-6)9-8-6;1-6(2)5-7(3,4)9-8-6;1-2-4-6-8-7-5-3-1;1-4-3-5(2)7-6-4;1-2-4-6-7-5-3-1;1-2-4-6-5-3-1;2*1-2-5-6-3-4-1;1-3(2)4-5-3;1-2-4-5-3-1/h7-9H2,1-6H3;7-8H,3-6H2,1-2H3;7H,6H2,1-5H3;5-6H2,1-4H3;3-5H2,1-2H3;5H2,1-4H3;1-6H2;4-5H,3H2,1-2H3;1-5H2;1-4H2;1-3H2;1-2H,3H2;1-2H3;1-3H2. The fraction of sp³-hybridized carbons (Fsp3) is 0.976. The van der Waals surface area contributed by atoms with Gasteiger partial charge in [0.25, 0.3) is 0 Å². The molecule has 16 rings (SSSR count). The van der Waals surface area contributed by atoms with E-state index in [0.717, 1.165) is 162 Å². The summed E-state index contributed by atoms with van der Waals surface area (Å²) < 4.78 is 20.6. The van der Waals surface area contributed by atoms with Crippen molar-refractivity contribution in [3.8, 4) is 0 Å². The highest BCUT2D eigenvalue weighted by molar-refractivity contribution is 4.98. The first kappa shape index (κ1) is 112. The Balaban J connectivity index is 0.000000339. The molecule has 120 heavy (non-hydrogen) atoms. The van der Waals surface area contributed by atoms with E-state index >= 15 is 0 Å². The first-order valence-electron chi connectivity index (χ1n) is 43.5. The lowest BCUT2D eigenvalue weighted by molar-refractivity contribution is -0.542. The molecule has 14 aliphatic heterocycles. The van der Waals surface area contributed by atoms with Gasteiger partial charge in [-0.1, -0.05) is 46.5 Å². The summed E-state index contributed by atoms with van der Waals surface area (Å²) in [5, 5.41) is 0. The summed E-state index contributed by atoms with van der Waals surface area (Å²) in [6.45, 7) is 60.5. The van der Waals surface area contributed by atoms with Crippen molar-refractivity contribution in [2.24, 2.45) is 0 Å². The van der Waals surface area contributed by atoms with Crippen LogP contribution < -0.4 is 0 Å². The maximum atomic E-state index is 5.73. The molecule has 2 aliphatic carbocycles. The highest BCUT2D eigenvalue weighted by atomic mass is 17.4. The van der Waals surface area contributed by atoms with E-state index in [2.05, 4.69) is 67.5 Å². The van der Waals surface area contributed by atoms with Gasteiger partial charge in [0.15, 0.2) is 24.6 Å². The van der Waals surface area contributed by atoms with E-state index in [-0.39, 0.29) is 76.9 Å². The molecular formula is C84H162O36. The molecule has 0 radical (unpaired) electrons. The average molecular weight is 1750 g/mol. The minimum Gasteiger partial charge on any atom is -0.468 e. The Bertz CT molecular complexity index is 2340. The highest BCUT2D eigenvalue weighted by Gasteiger charge is 2.53. The second-order valence-corrected chi connectivity index (χ2v) is 36.7. The van der Waals surface area contributed by atoms with Crippen molar-refractivity contribution in [3.05, 3.63) is 12.5 Å². The van der Waals surface area contributed by atoms with E-state index in [0.29, 0.717) is 44.7 Å². The molecule has 15 fully saturated rings. The van der Waals surface area contributed by atoms with E-state index in [9.17, 15) is 0 Å². The molecule has 36 nitrogen and oxygen atoms in total. The minimum atomic E-state index is -1.01. The molecule has 0 N–H and O–H groups in total. The fourth-order valence-electron chi connectivity index (χ4n) is 11.8. The van der Waals surface area contributed by atoms with Gasteiger partial charge in [-0.15, -0.1) is 4.89 Å². The molecule has 0 amide bonds. The maximum absolute atomic E-state index is 5.73. The lowest BCUT2D eigenvalue weighted by Crippen LogP contribution is -2.48. The number of hydrogen-bond acceptors (Lipinski definition) is 36. The molecule has 7 atom stereocenters. The molecule has 7 unspecified atom stereocenters. The summed E-state index contributed by atoms with van der Waals surface area (Å²) in [4.78, 5) is 156. The van der Waals surface area contributed by atoms with Gasteiger partial charge in [-0.3, -0.25) is 0 Å². The van der Waals surface area contributed by atoms with E-state index < -0.39 is 28.9 Å². The average Bonchev–Trinajstić information content (AvgIpc) is 1.62. The summed E-state index contributed by atoms with van der Waals surface area (Å²) in [6.07, 6.45) is 30.4. The largest absolute Gasteiger partial charge is 0.468 e. The third kappa shape index (κ3) is 55.7. The topological polar surface area (TPSA) is 339 Å². The summed E-state index contributed by atoms with van der Waals surface area (Å²) in [5.74, 6) is -4.47. The second-order valence-electron chi connectivity index (χ2n) is 36.7. The van der Waals surface area contributed by atoms with Crippen LogP contribution in [-0.2, 0) is 175 Å². The van der Waals surface area contributed by atoms with Crippen molar-refractivity contribution < 1.29 is 175 Å². The van der Waals surface area contributed by atoms with Crippen molar-refractivity contribution >= 4 is 0 Å². The van der Waals surface area contributed by atoms with Gasteiger partial charge in [0.1, 0.15) is 47.0 Å². The number of fused-ring (bicyclic) bond motifs is 3. The van der Waals surface area contributed by atoms with Gasteiger partial charge in [0.05, 0.1) is 95.1 Å². The third-order valence-corrected chi connectivity index (χ3v) is 18.9. The third-order valence-electron chi connectivity index (χ3n) is 18.9. The number of ether oxygens (including phenoxy) is 4. The van der Waals surface area contributed by atoms with Gasteiger partial charge >= 0.3 is 0 Å². The van der Waals surface area contributed by atoms with Gasteiger partial charge in [-0.25, -0.2) is 108 Å². The van der Waals surface area contributed by atoms with Crippen LogP contribution in [0.1, 0.15) is 347 Å². The quantitative estimate of drug-likeness (QED) is 0.187. The molecule has 14 heterocycles. The smallest absolute Gasteiger partial charge is 0.231 e. The summed E-state index contributed by atoms with van der Waals surface area (Å²) in [5.41, 5.74) is -0.519. The van der Waals surface area contributed by atoms with Crippen LogP contribution in [0.5, 0.6) is 0 Å². The van der Waals surface area contributed by atoms with Crippen LogP contribution >= 0.6 is 0 Å². The summed E-state index contributed by atoms with van der Waals surface area (Å²) >= 11 is 0. The van der Waals surface area contributed by atoms with Crippen molar-refractivity contribution in [3.63, 3.8) is 0 Å². The summed E-state index contributed by atoms with van der Waals surface area (Å²) in [6, 6.07) is 0. The van der Waals surface area contributed by atoms with Gasteiger partial charge in [-0.2, -0.15) is 39.1 Å². The molecule has 13 saturated heterocycles. The Labute approximate surface area is 716 Å². The van der Waals surface area contributed by atoms with Gasteiger partial charge < -0.3 is 23.8 Å². The summed E-state index contributed by atoms with van der Waals surface area (Å²) in [7, 11) is 0. The highest BCUT2D eigenvalue weighted by Crippen LogP contribution is 2.49. The van der Waals surface area contributed by atoms with Crippen LogP contribution in [-0.4, -0.2) is 184 Å². The van der Waals surface area contributed by atoms with E-state index in [1.807, 2.05) is 152 Å². The Morgan fingerprint density at radius 1 is 0.275 bits per heavy atom. The first-order chi connectivity index (χ1) is 56.2. The fourth-order valence-corrected chi connectivity index (χ4v) is 11.8. The molecule has 0 aromatic heterocycles. The van der Waals surface area contributed by atoms with E-state index in [4.69, 9.17) is 122 Å². The lowest BCUT2D eigenvalue weighted by atomic mass is 9.93. The minimum absolute atomic E-state index is 0.0503. The van der Waals surface area contributed by atoms with Crippen LogP contribution in [0, 0.1) is 0 Å². The van der Waals surface area contributed by atoms with Gasteiger partial charge in [-0.05, 0) is 250 Å². The van der Waals surface area contributed by atoms with E-state index in [1.54, 1.807) is 20.8 Å². The predicted octanol–water partition coefficient (Wildman–Crippen LogP) is 19.1. The van der Waals surface area contributed by atoms with Crippen molar-refractivity contribution in [1.82, 2.24) is 0 Å². The van der Waals surface area contributed by atoms with Crippen LogP contribution in [0.3, 0.4) is 0 Å². The Morgan fingerprint density at radius 2 is 0.650 bits per heavy atom. The van der Waals surface area contributed by atoms with Crippen LogP contribution in [0.2, 0.25) is 0 Å². The zero-order chi connectivity index (χ0) is 89.4. The number of hydrogen-bond donors (Lipinski definition) is 0. The predicted molar refractivity (Wildman–Crippen MR) is 430 cm³/mol. The van der Waals surface area contributed by atoms with Crippen molar-refractivity contribution in [2.45, 2.75) is 452 Å². The molecule has 0 aromatic rings. The van der Waals surface area contributed by atoms with Gasteiger partial charge in [0.2, 0.25) is 29.9 Å². The lowest BCUT2D eigenvalue weighted by Gasteiger charge is -2.41. The van der Waals surface area contributed by atoms with Crippen LogP contribution in [0.15, 0.2) is 12.5 Å². The molecular weight excluding hydrogens is 1580 g/mol. The normalized spacial score (nSPS) is 34.0. The Hall–Kier alpha value is -2.02. The Morgan fingerprint density at radius 3 is 0.908 bits per heavy atom. The number of rotatable bonds is 3. The maximum Gasteiger partial charge on any atom is 0.231 e. The zero-order valence-electron chi connectivity index (χ0n) is 78.4.